The van der Waals surface area contributed by atoms with Gasteiger partial charge in [0.1, 0.15) is 11.8 Å². The minimum absolute atomic E-state index is 0.226. The molecule has 0 bridgehead atoms. The molecular weight excluding hydrogens is 414 g/mol. The maximum atomic E-state index is 12.9. The number of rotatable bonds is 6. The summed E-state index contributed by atoms with van der Waals surface area (Å²) in [4.78, 5) is 17.0. The molecule has 0 saturated heterocycles. The Morgan fingerprint density at radius 3 is 2.74 bits per heavy atom. The quantitative estimate of drug-likeness (QED) is 0.484. The zero-order valence-corrected chi connectivity index (χ0v) is 17.8. The first-order valence-electron chi connectivity index (χ1n) is 9.74. The second kappa shape index (κ2) is 8.20. The van der Waals surface area contributed by atoms with Crippen LogP contribution in [0.4, 0.5) is 17.1 Å². The largest absolute Gasteiger partial charge is 0.352 e. The van der Waals surface area contributed by atoms with Crippen LogP contribution < -0.4 is 10.6 Å². The van der Waals surface area contributed by atoms with E-state index in [1.807, 2.05) is 10.9 Å². The van der Waals surface area contributed by atoms with Gasteiger partial charge >= 0.3 is 0 Å². The highest BCUT2D eigenvalue weighted by molar-refractivity contribution is 6.34. The van der Waals surface area contributed by atoms with Gasteiger partial charge < -0.3 is 16.0 Å². The minimum atomic E-state index is -0.429. The average molecular weight is 434 g/mol. The van der Waals surface area contributed by atoms with Crippen molar-refractivity contribution in [2.45, 2.75) is 32.7 Å². The molecule has 0 aliphatic heterocycles. The Labute approximate surface area is 184 Å². The molecule has 8 nitrogen and oxygen atoms in total. The van der Waals surface area contributed by atoms with Crippen LogP contribution in [0.5, 0.6) is 0 Å². The first kappa shape index (κ1) is 20.6. The van der Waals surface area contributed by atoms with E-state index < -0.39 is 5.91 Å². The summed E-state index contributed by atoms with van der Waals surface area (Å²) in [6, 6.07) is 5.82. The topological polar surface area (TPSA) is 119 Å². The van der Waals surface area contributed by atoms with E-state index in [1.54, 1.807) is 32.2 Å². The third-order valence-corrected chi connectivity index (χ3v) is 5.64. The maximum Gasteiger partial charge on any atom is 0.274 e. The number of nitriles is 1. The first-order valence-corrected chi connectivity index (χ1v) is 10.1. The summed E-state index contributed by atoms with van der Waals surface area (Å²) in [5, 5.41) is 27.5. The smallest absolute Gasteiger partial charge is 0.274 e. The molecule has 3 N–H and O–H groups in total. The lowest BCUT2D eigenvalue weighted by Gasteiger charge is -2.14. The predicted molar refractivity (Wildman–Crippen MR) is 119 cm³/mol. The van der Waals surface area contributed by atoms with Crippen molar-refractivity contribution in [3.05, 3.63) is 63.7 Å². The summed E-state index contributed by atoms with van der Waals surface area (Å²) >= 11 is 6.36. The molecule has 0 atom stereocenters. The van der Waals surface area contributed by atoms with Crippen LogP contribution >= 0.6 is 11.6 Å². The Hall–Kier alpha value is -3.70. The molecule has 1 aromatic carbocycles. The number of hydrogen-bond donors (Lipinski definition) is 3. The van der Waals surface area contributed by atoms with E-state index in [2.05, 4.69) is 26.8 Å². The number of anilines is 3. The molecule has 0 spiro atoms. The zero-order valence-electron chi connectivity index (χ0n) is 17.0. The number of aromatic nitrogens is 3. The molecular formula is C22H20ClN7O. The molecule has 1 fully saturated rings. The molecule has 2 heterocycles. The Morgan fingerprint density at radius 1 is 1.29 bits per heavy atom. The number of nitrogens with zero attached hydrogens (tertiary/aromatic N) is 4. The molecule has 3 aromatic rings. The summed E-state index contributed by atoms with van der Waals surface area (Å²) in [6.07, 6.45) is 8.50. The van der Waals surface area contributed by atoms with Gasteiger partial charge in [-0.3, -0.25) is 9.48 Å². The van der Waals surface area contributed by atoms with Crippen LogP contribution in [0.15, 0.2) is 30.7 Å². The molecule has 31 heavy (non-hydrogen) atoms. The Bertz CT molecular complexity index is 1240. The number of amides is 1. The van der Waals surface area contributed by atoms with Crippen LogP contribution in [0, 0.1) is 30.6 Å². The highest BCUT2D eigenvalue weighted by Crippen LogP contribution is 2.36. The molecule has 2 aromatic heterocycles. The molecule has 0 unspecified atom stereocenters. The Morgan fingerprint density at radius 2 is 2.06 bits per heavy atom. The fourth-order valence-electron chi connectivity index (χ4n) is 3.23. The van der Waals surface area contributed by atoms with Gasteiger partial charge in [0.15, 0.2) is 0 Å². The third-order valence-electron chi connectivity index (χ3n) is 5.32. The summed E-state index contributed by atoms with van der Waals surface area (Å²) in [5.41, 5.74) is 4.37. The van der Waals surface area contributed by atoms with E-state index >= 15 is 0 Å². The van der Waals surface area contributed by atoms with Crippen LogP contribution in [0.1, 0.15) is 51.6 Å². The van der Waals surface area contributed by atoms with Crippen molar-refractivity contribution in [2.75, 3.05) is 10.6 Å². The number of carbonyl (C=O) groups is 1. The lowest BCUT2D eigenvalue weighted by atomic mass is 10.0. The van der Waals surface area contributed by atoms with Gasteiger partial charge in [0.05, 0.1) is 34.2 Å². The van der Waals surface area contributed by atoms with Crippen LogP contribution in [0.3, 0.4) is 0 Å². The number of nitrogens with one attached hydrogen (secondary N) is 3. The van der Waals surface area contributed by atoms with E-state index in [0.717, 1.165) is 18.5 Å². The zero-order chi connectivity index (χ0) is 22.1. The summed E-state index contributed by atoms with van der Waals surface area (Å²) in [5.74, 6) is -0.429. The van der Waals surface area contributed by atoms with Crippen LogP contribution in [-0.2, 0) is 0 Å². The Kier molecular flexibility index (Phi) is 5.44. The number of pyridine rings is 1. The number of carbonyl (C=O) groups excluding carboxylic acids is 1. The lowest BCUT2D eigenvalue weighted by molar-refractivity contribution is 0.102. The van der Waals surface area contributed by atoms with E-state index in [-0.39, 0.29) is 5.69 Å². The molecule has 0 radical (unpaired) electrons. The highest BCUT2D eigenvalue weighted by Gasteiger charge is 2.24. The van der Waals surface area contributed by atoms with Crippen LogP contribution in [0.25, 0.3) is 0 Å². The summed E-state index contributed by atoms with van der Waals surface area (Å²) < 4.78 is 1.92. The van der Waals surface area contributed by atoms with Crippen molar-refractivity contribution >= 4 is 40.8 Å². The number of hydrogen-bond acceptors (Lipinski definition) is 6. The van der Waals surface area contributed by atoms with E-state index in [4.69, 9.17) is 22.3 Å². The molecule has 1 aliphatic carbocycles. The number of benzene rings is 1. The van der Waals surface area contributed by atoms with Gasteiger partial charge in [-0.05, 0) is 49.9 Å². The average Bonchev–Trinajstić information content (AvgIpc) is 3.51. The summed E-state index contributed by atoms with van der Waals surface area (Å²) in [7, 11) is 0. The lowest BCUT2D eigenvalue weighted by Crippen LogP contribution is -2.17. The van der Waals surface area contributed by atoms with Crippen molar-refractivity contribution in [3.63, 3.8) is 0 Å². The second-order valence-electron chi connectivity index (χ2n) is 7.47. The normalized spacial score (nSPS) is 12.8. The van der Waals surface area contributed by atoms with Crippen molar-refractivity contribution in [2.24, 2.45) is 0 Å². The second-order valence-corrected chi connectivity index (χ2v) is 7.87. The van der Waals surface area contributed by atoms with Crippen molar-refractivity contribution in [1.82, 2.24) is 14.8 Å². The van der Waals surface area contributed by atoms with Crippen LogP contribution in [0.2, 0.25) is 5.02 Å². The Balaban J connectivity index is 1.61. The molecule has 156 valence electrons. The fraction of sp³-hybridized carbons (Fsp3) is 0.227. The van der Waals surface area contributed by atoms with Gasteiger partial charge in [-0.15, -0.1) is 0 Å². The van der Waals surface area contributed by atoms with Gasteiger partial charge in [0.2, 0.25) is 0 Å². The summed E-state index contributed by atoms with van der Waals surface area (Å²) in [6.45, 7) is 3.53. The maximum absolute atomic E-state index is 12.9. The fourth-order valence-corrected chi connectivity index (χ4v) is 3.45. The standard InChI is InChI=1S/C22H20ClN7O/c1-12-13(2)21(26-9-15(12)8-25)22(31)29-20-6-19(14(7-24)5-18(20)23)28-16-10-27-30(11-16)17-3-4-17/h5-7,9-11,17,24,28H,3-4H2,1-2H3,(H,29,31). The SMILES string of the molecule is Cc1c(C#N)cnc(C(=O)Nc2cc(Nc3cnn(C4CC4)c3)c(C=N)cc2Cl)c1C. The predicted octanol–water partition coefficient (Wildman–Crippen LogP) is 4.75. The van der Waals surface area contributed by atoms with Gasteiger partial charge in [-0.2, -0.15) is 10.4 Å². The number of halogens is 1. The minimum Gasteiger partial charge on any atom is -0.352 e. The van der Waals surface area contributed by atoms with Gasteiger partial charge in [0, 0.05) is 29.9 Å². The van der Waals surface area contributed by atoms with Crippen molar-refractivity contribution in [1.29, 1.82) is 10.7 Å². The molecule has 4 rings (SSSR count). The van der Waals surface area contributed by atoms with E-state index in [9.17, 15) is 4.79 Å². The van der Waals surface area contributed by atoms with E-state index in [1.165, 1.54) is 12.4 Å². The van der Waals surface area contributed by atoms with Gasteiger partial charge in [-0.1, -0.05) is 11.6 Å². The monoisotopic (exact) mass is 433 g/mol. The molecule has 1 amide bonds. The van der Waals surface area contributed by atoms with Crippen LogP contribution in [-0.4, -0.2) is 26.9 Å². The highest BCUT2D eigenvalue weighted by atomic mass is 35.5. The third kappa shape index (κ3) is 4.13. The first-order chi connectivity index (χ1) is 14.9. The van der Waals surface area contributed by atoms with E-state index in [0.29, 0.717) is 44.7 Å². The van der Waals surface area contributed by atoms with Gasteiger partial charge in [0.25, 0.3) is 5.91 Å². The van der Waals surface area contributed by atoms with Gasteiger partial charge in [-0.25, -0.2) is 4.98 Å². The van der Waals surface area contributed by atoms with Crippen molar-refractivity contribution in [3.8, 4) is 6.07 Å². The molecule has 1 saturated carbocycles. The van der Waals surface area contributed by atoms with Crippen molar-refractivity contribution < 1.29 is 4.79 Å². The molecule has 9 heteroatoms. The molecule has 1 aliphatic rings.